The molecule has 2 nitrogen and oxygen atoms in total. The van der Waals surface area contributed by atoms with Crippen molar-refractivity contribution in [2.45, 2.75) is 10.3 Å². The van der Waals surface area contributed by atoms with Gasteiger partial charge in [-0.2, -0.15) is 0 Å². The minimum Gasteiger partial charge on any atom is -0.236 e. The van der Waals surface area contributed by atoms with E-state index in [0.29, 0.717) is 0 Å². The standard InChI is InChI=1S/C23H18N2S/c1-4-10-18(11-5-1)21-16-22(25-17-24-21)26-23(19-12-6-2-7-13-19)20-14-8-3-9-15-20/h1-17,23H. The summed E-state index contributed by atoms with van der Waals surface area (Å²) in [6, 6.07) is 33.4. The maximum absolute atomic E-state index is 4.51. The zero-order chi connectivity index (χ0) is 17.6. The van der Waals surface area contributed by atoms with E-state index in [0.717, 1.165) is 16.3 Å². The van der Waals surface area contributed by atoms with Crippen LogP contribution in [0.1, 0.15) is 16.4 Å². The van der Waals surface area contributed by atoms with Gasteiger partial charge in [0, 0.05) is 5.56 Å². The second kappa shape index (κ2) is 7.98. The van der Waals surface area contributed by atoms with Gasteiger partial charge in [-0.25, -0.2) is 9.97 Å². The Balaban J connectivity index is 1.69. The normalized spacial score (nSPS) is 10.8. The zero-order valence-corrected chi connectivity index (χ0v) is 15.0. The van der Waals surface area contributed by atoms with Crippen molar-refractivity contribution in [1.82, 2.24) is 9.97 Å². The van der Waals surface area contributed by atoms with Crippen LogP contribution in [0, 0.1) is 0 Å². The Labute approximate surface area is 158 Å². The average molecular weight is 354 g/mol. The zero-order valence-electron chi connectivity index (χ0n) is 14.2. The molecule has 126 valence electrons. The fourth-order valence-electron chi connectivity index (χ4n) is 2.88. The molecule has 4 aromatic rings. The van der Waals surface area contributed by atoms with E-state index in [4.69, 9.17) is 0 Å². The van der Waals surface area contributed by atoms with Gasteiger partial charge in [-0.3, -0.25) is 0 Å². The molecule has 0 atom stereocenters. The van der Waals surface area contributed by atoms with Crippen LogP contribution in [0.5, 0.6) is 0 Å². The van der Waals surface area contributed by atoms with E-state index in [-0.39, 0.29) is 5.25 Å². The van der Waals surface area contributed by atoms with Crippen molar-refractivity contribution >= 4 is 11.8 Å². The van der Waals surface area contributed by atoms with Crippen LogP contribution in [-0.2, 0) is 0 Å². The Hall–Kier alpha value is -2.91. The molecule has 4 rings (SSSR count). The highest BCUT2D eigenvalue weighted by molar-refractivity contribution is 7.99. The minimum absolute atomic E-state index is 0.191. The number of hydrogen-bond donors (Lipinski definition) is 0. The van der Waals surface area contributed by atoms with Gasteiger partial charge in [-0.1, -0.05) is 103 Å². The van der Waals surface area contributed by atoms with Crippen molar-refractivity contribution in [3.05, 3.63) is 115 Å². The first kappa shape index (κ1) is 16.6. The van der Waals surface area contributed by atoms with E-state index >= 15 is 0 Å². The molecule has 0 aliphatic rings. The third-order valence-electron chi connectivity index (χ3n) is 4.15. The highest BCUT2D eigenvalue weighted by atomic mass is 32.2. The van der Waals surface area contributed by atoms with Gasteiger partial charge in [0.15, 0.2) is 0 Å². The molecule has 0 aliphatic heterocycles. The van der Waals surface area contributed by atoms with E-state index in [1.54, 1.807) is 18.1 Å². The summed E-state index contributed by atoms with van der Waals surface area (Å²) in [4.78, 5) is 8.95. The van der Waals surface area contributed by atoms with Crippen LogP contribution in [0.4, 0.5) is 0 Å². The Morgan fingerprint density at radius 2 is 1.15 bits per heavy atom. The summed E-state index contributed by atoms with van der Waals surface area (Å²) < 4.78 is 0. The van der Waals surface area contributed by atoms with Gasteiger partial charge in [0.1, 0.15) is 11.4 Å². The number of benzene rings is 3. The van der Waals surface area contributed by atoms with Crippen LogP contribution in [0.2, 0.25) is 0 Å². The van der Waals surface area contributed by atoms with Gasteiger partial charge < -0.3 is 0 Å². The molecule has 0 bridgehead atoms. The van der Waals surface area contributed by atoms with Crippen molar-refractivity contribution in [2.24, 2.45) is 0 Å². The molecular formula is C23H18N2S. The number of hydrogen-bond acceptors (Lipinski definition) is 3. The third kappa shape index (κ3) is 3.84. The molecule has 0 amide bonds. The molecule has 0 aliphatic carbocycles. The summed E-state index contributed by atoms with van der Waals surface area (Å²) in [5, 5.41) is 1.16. The quantitative estimate of drug-likeness (QED) is 0.323. The second-order valence-corrected chi connectivity index (χ2v) is 7.05. The molecule has 0 spiro atoms. The third-order valence-corrected chi connectivity index (χ3v) is 5.40. The Morgan fingerprint density at radius 1 is 0.615 bits per heavy atom. The summed E-state index contributed by atoms with van der Waals surface area (Å²) in [7, 11) is 0. The molecule has 0 radical (unpaired) electrons. The van der Waals surface area contributed by atoms with Crippen LogP contribution in [0.3, 0.4) is 0 Å². The fourth-order valence-corrected chi connectivity index (χ4v) is 3.99. The lowest BCUT2D eigenvalue weighted by Gasteiger charge is -2.17. The highest BCUT2D eigenvalue weighted by Crippen LogP contribution is 2.40. The van der Waals surface area contributed by atoms with Gasteiger partial charge in [0.05, 0.1) is 10.9 Å². The molecular weight excluding hydrogens is 336 g/mol. The van der Waals surface area contributed by atoms with Crippen molar-refractivity contribution < 1.29 is 0 Å². The van der Waals surface area contributed by atoms with E-state index in [9.17, 15) is 0 Å². The number of nitrogens with zero attached hydrogens (tertiary/aromatic N) is 2. The lowest BCUT2D eigenvalue weighted by molar-refractivity contribution is 1.04. The smallest absolute Gasteiger partial charge is 0.117 e. The topological polar surface area (TPSA) is 25.8 Å². The predicted molar refractivity (Wildman–Crippen MR) is 108 cm³/mol. The SMILES string of the molecule is c1ccc(-c2cc(SC(c3ccccc3)c3ccccc3)ncn2)cc1. The average Bonchev–Trinajstić information content (AvgIpc) is 2.74. The first-order valence-electron chi connectivity index (χ1n) is 8.54. The molecule has 26 heavy (non-hydrogen) atoms. The Bertz CT molecular complexity index is 917. The largest absolute Gasteiger partial charge is 0.236 e. The summed E-state index contributed by atoms with van der Waals surface area (Å²) in [6.45, 7) is 0. The van der Waals surface area contributed by atoms with Crippen LogP contribution >= 0.6 is 11.8 Å². The van der Waals surface area contributed by atoms with E-state index < -0.39 is 0 Å². The number of rotatable bonds is 5. The van der Waals surface area contributed by atoms with Crippen LogP contribution in [0.25, 0.3) is 11.3 Å². The highest BCUT2D eigenvalue weighted by Gasteiger charge is 2.16. The van der Waals surface area contributed by atoms with Gasteiger partial charge >= 0.3 is 0 Å². The summed E-state index contributed by atoms with van der Waals surface area (Å²) in [6.07, 6.45) is 1.65. The number of thioether (sulfide) groups is 1. The molecule has 1 aromatic heterocycles. The van der Waals surface area contributed by atoms with Crippen LogP contribution in [-0.4, -0.2) is 9.97 Å². The number of aromatic nitrogens is 2. The monoisotopic (exact) mass is 354 g/mol. The first-order chi connectivity index (χ1) is 12.9. The van der Waals surface area contributed by atoms with Crippen LogP contribution < -0.4 is 0 Å². The van der Waals surface area contributed by atoms with Gasteiger partial charge in [-0.05, 0) is 17.2 Å². The summed E-state index contributed by atoms with van der Waals surface area (Å²) in [5.41, 5.74) is 4.59. The molecule has 3 aromatic carbocycles. The Morgan fingerprint density at radius 3 is 1.73 bits per heavy atom. The van der Waals surface area contributed by atoms with Crippen molar-refractivity contribution in [3.63, 3.8) is 0 Å². The predicted octanol–water partition coefficient (Wildman–Crippen LogP) is 6.03. The second-order valence-electron chi connectivity index (χ2n) is 5.93. The molecule has 0 unspecified atom stereocenters. The summed E-state index contributed by atoms with van der Waals surface area (Å²) >= 11 is 1.75. The Kier molecular flexibility index (Phi) is 5.08. The summed E-state index contributed by atoms with van der Waals surface area (Å²) in [5.74, 6) is 0. The maximum Gasteiger partial charge on any atom is 0.117 e. The van der Waals surface area contributed by atoms with Gasteiger partial charge in [0.2, 0.25) is 0 Å². The van der Waals surface area contributed by atoms with E-state index in [1.807, 2.05) is 18.2 Å². The lowest BCUT2D eigenvalue weighted by atomic mass is 10.0. The van der Waals surface area contributed by atoms with Crippen molar-refractivity contribution in [2.75, 3.05) is 0 Å². The fraction of sp³-hybridized carbons (Fsp3) is 0.0435. The van der Waals surface area contributed by atoms with Gasteiger partial charge in [0.25, 0.3) is 0 Å². The molecule has 0 saturated carbocycles. The van der Waals surface area contributed by atoms with Crippen LogP contribution in [0.15, 0.2) is 108 Å². The lowest BCUT2D eigenvalue weighted by Crippen LogP contribution is -1.98. The van der Waals surface area contributed by atoms with Crippen molar-refractivity contribution in [3.8, 4) is 11.3 Å². The first-order valence-corrected chi connectivity index (χ1v) is 9.42. The molecule has 0 saturated heterocycles. The minimum atomic E-state index is 0.191. The molecule has 0 fully saturated rings. The molecule has 3 heteroatoms. The molecule has 1 heterocycles. The maximum atomic E-state index is 4.51. The molecule has 0 N–H and O–H groups in total. The van der Waals surface area contributed by atoms with E-state index in [1.165, 1.54) is 11.1 Å². The van der Waals surface area contributed by atoms with Gasteiger partial charge in [-0.15, -0.1) is 0 Å². The van der Waals surface area contributed by atoms with E-state index in [2.05, 4.69) is 88.8 Å². The van der Waals surface area contributed by atoms with Crippen molar-refractivity contribution in [1.29, 1.82) is 0 Å².